The molecule has 3 nitrogen and oxygen atoms in total. The van der Waals surface area contributed by atoms with Crippen LogP contribution in [0.3, 0.4) is 0 Å². The highest BCUT2D eigenvalue weighted by Crippen LogP contribution is 2.22. The number of H-pyrrole nitrogens is 1. The summed E-state index contributed by atoms with van der Waals surface area (Å²) in [6.45, 7) is 2.03. The number of imidazole rings is 1. The minimum absolute atomic E-state index is 0.179. The van der Waals surface area contributed by atoms with Crippen LogP contribution < -0.4 is 5.73 Å². The van der Waals surface area contributed by atoms with E-state index in [9.17, 15) is 8.78 Å². The van der Waals surface area contributed by atoms with E-state index in [-0.39, 0.29) is 6.04 Å². The molecule has 2 rings (SSSR count). The molecule has 0 fully saturated rings. The molecule has 1 aromatic heterocycles. The van der Waals surface area contributed by atoms with Crippen molar-refractivity contribution in [2.45, 2.75) is 25.8 Å². The predicted octanol–water partition coefficient (Wildman–Crippen LogP) is 3.15. The van der Waals surface area contributed by atoms with Crippen LogP contribution in [0, 0.1) is 11.6 Å². The van der Waals surface area contributed by atoms with Crippen LogP contribution in [0.2, 0.25) is 0 Å². The Balaban J connectivity index is 2.29. The van der Waals surface area contributed by atoms with E-state index in [2.05, 4.69) is 9.97 Å². The van der Waals surface area contributed by atoms with E-state index in [0.29, 0.717) is 17.1 Å². The Morgan fingerprint density at radius 1 is 1.28 bits per heavy atom. The molecule has 3 N–H and O–H groups in total. The molecule has 1 atom stereocenters. The lowest BCUT2D eigenvalue weighted by Crippen LogP contribution is -2.11. The van der Waals surface area contributed by atoms with Gasteiger partial charge in [0.05, 0.1) is 17.9 Å². The lowest BCUT2D eigenvalue weighted by molar-refractivity contribution is 0.584. The van der Waals surface area contributed by atoms with E-state index < -0.39 is 11.6 Å². The van der Waals surface area contributed by atoms with Gasteiger partial charge in [-0.2, -0.15) is 0 Å². The summed E-state index contributed by atoms with van der Waals surface area (Å²) in [5.41, 5.74) is 6.91. The van der Waals surface area contributed by atoms with Crippen molar-refractivity contribution in [2.24, 2.45) is 5.73 Å². The van der Waals surface area contributed by atoms with Gasteiger partial charge in [-0.15, -0.1) is 0 Å². The van der Waals surface area contributed by atoms with Crippen molar-refractivity contribution < 1.29 is 8.78 Å². The van der Waals surface area contributed by atoms with Crippen LogP contribution in [0.5, 0.6) is 0 Å². The fraction of sp³-hybridized carbons (Fsp3) is 0.308. The molecule has 2 aromatic rings. The van der Waals surface area contributed by atoms with Crippen LogP contribution in [0.25, 0.3) is 11.3 Å². The second kappa shape index (κ2) is 5.27. The predicted molar refractivity (Wildman–Crippen MR) is 65.8 cm³/mol. The average molecular weight is 251 g/mol. The first-order valence-electron chi connectivity index (χ1n) is 5.87. The van der Waals surface area contributed by atoms with E-state index in [1.54, 1.807) is 6.20 Å². The molecule has 96 valence electrons. The molecule has 1 unspecified atom stereocenters. The minimum atomic E-state index is -0.612. The minimum Gasteiger partial charge on any atom is -0.341 e. The third kappa shape index (κ3) is 2.73. The van der Waals surface area contributed by atoms with Crippen molar-refractivity contribution in [3.8, 4) is 11.3 Å². The summed E-state index contributed by atoms with van der Waals surface area (Å²) in [7, 11) is 0. The van der Waals surface area contributed by atoms with E-state index in [4.69, 9.17) is 5.73 Å². The second-order valence-corrected chi connectivity index (χ2v) is 4.24. The molecular weight excluding hydrogens is 236 g/mol. The van der Waals surface area contributed by atoms with Crippen LogP contribution in [0.4, 0.5) is 8.78 Å². The van der Waals surface area contributed by atoms with Gasteiger partial charge in [-0.1, -0.05) is 13.3 Å². The third-order valence-electron chi connectivity index (χ3n) is 2.72. The van der Waals surface area contributed by atoms with Crippen molar-refractivity contribution in [3.63, 3.8) is 0 Å². The van der Waals surface area contributed by atoms with Gasteiger partial charge in [0.1, 0.15) is 17.5 Å². The molecule has 0 aliphatic rings. The van der Waals surface area contributed by atoms with Crippen LogP contribution in [-0.2, 0) is 0 Å². The Bertz CT molecular complexity index is 517. The van der Waals surface area contributed by atoms with Crippen molar-refractivity contribution >= 4 is 0 Å². The highest BCUT2D eigenvalue weighted by atomic mass is 19.1. The zero-order valence-corrected chi connectivity index (χ0v) is 10.1. The van der Waals surface area contributed by atoms with Crippen molar-refractivity contribution in [1.82, 2.24) is 9.97 Å². The van der Waals surface area contributed by atoms with Crippen LogP contribution in [0.1, 0.15) is 31.6 Å². The van der Waals surface area contributed by atoms with Gasteiger partial charge < -0.3 is 10.7 Å². The fourth-order valence-electron chi connectivity index (χ4n) is 1.83. The van der Waals surface area contributed by atoms with Crippen LogP contribution >= 0.6 is 0 Å². The Morgan fingerprint density at radius 3 is 2.56 bits per heavy atom. The summed E-state index contributed by atoms with van der Waals surface area (Å²) in [6, 6.07) is 3.17. The van der Waals surface area contributed by atoms with Gasteiger partial charge in [-0.05, 0) is 18.6 Å². The summed E-state index contributed by atoms with van der Waals surface area (Å²) in [6.07, 6.45) is 3.30. The van der Waals surface area contributed by atoms with Crippen molar-refractivity contribution in [2.75, 3.05) is 0 Å². The molecule has 0 aliphatic heterocycles. The zero-order chi connectivity index (χ0) is 13.1. The number of nitrogens with two attached hydrogens (primary N) is 1. The zero-order valence-electron chi connectivity index (χ0n) is 10.1. The maximum Gasteiger partial charge on any atom is 0.126 e. The Morgan fingerprint density at radius 2 is 1.94 bits per heavy atom. The highest BCUT2D eigenvalue weighted by molar-refractivity contribution is 5.58. The molecule has 0 amide bonds. The lowest BCUT2D eigenvalue weighted by Gasteiger charge is -2.06. The molecule has 0 radical (unpaired) electrons. The van der Waals surface area contributed by atoms with E-state index in [1.165, 1.54) is 12.1 Å². The second-order valence-electron chi connectivity index (χ2n) is 4.24. The number of nitrogens with zero attached hydrogens (tertiary/aromatic N) is 1. The lowest BCUT2D eigenvalue weighted by atomic mass is 10.1. The van der Waals surface area contributed by atoms with Gasteiger partial charge in [0.15, 0.2) is 0 Å². The molecule has 5 heteroatoms. The van der Waals surface area contributed by atoms with Crippen LogP contribution in [0.15, 0.2) is 24.4 Å². The summed E-state index contributed by atoms with van der Waals surface area (Å²) in [4.78, 5) is 7.14. The molecule has 0 spiro atoms. The van der Waals surface area contributed by atoms with Gasteiger partial charge in [-0.3, -0.25) is 0 Å². The number of benzene rings is 1. The molecular formula is C13H15F2N3. The highest BCUT2D eigenvalue weighted by Gasteiger charge is 2.11. The van der Waals surface area contributed by atoms with Gasteiger partial charge in [0.2, 0.25) is 0 Å². The molecule has 1 heterocycles. The van der Waals surface area contributed by atoms with Crippen LogP contribution in [-0.4, -0.2) is 9.97 Å². The number of aromatic amines is 1. The Kier molecular flexibility index (Phi) is 3.72. The Hall–Kier alpha value is -1.75. The number of halogens is 2. The first-order chi connectivity index (χ1) is 8.60. The Labute approximate surface area is 104 Å². The number of hydrogen-bond acceptors (Lipinski definition) is 2. The van der Waals surface area contributed by atoms with E-state index >= 15 is 0 Å². The SMILES string of the molecule is CCCC(N)c1ncc(-c2cc(F)cc(F)c2)[nH]1. The monoisotopic (exact) mass is 251 g/mol. The largest absolute Gasteiger partial charge is 0.341 e. The smallest absolute Gasteiger partial charge is 0.126 e. The third-order valence-corrected chi connectivity index (χ3v) is 2.72. The topological polar surface area (TPSA) is 54.7 Å². The van der Waals surface area contributed by atoms with Gasteiger partial charge in [-0.25, -0.2) is 13.8 Å². The first kappa shape index (κ1) is 12.7. The standard InChI is InChI=1S/C13H15F2N3/c1-2-3-11(16)13-17-7-12(18-13)8-4-9(14)6-10(15)5-8/h4-7,11H,2-3,16H2,1H3,(H,17,18). The summed E-state index contributed by atoms with van der Waals surface area (Å²) in [5.74, 6) is -0.588. The van der Waals surface area contributed by atoms with Gasteiger partial charge in [0.25, 0.3) is 0 Å². The van der Waals surface area contributed by atoms with E-state index in [1.807, 2.05) is 6.92 Å². The average Bonchev–Trinajstić information content (AvgIpc) is 2.77. The maximum atomic E-state index is 13.1. The summed E-state index contributed by atoms with van der Waals surface area (Å²) < 4.78 is 26.2. The molecule has 18 heavy (non-hydrogen) atoms. The quantitative estimate of drug-likeness (QED) is 0.877. The molecule has 0 aliphatic carbocycles. The van der Waals surface area contributed by atoms with Gasteiger partial charge in [0, 0.05) is 11.6 Å². The number of rotatable bonds is 4. The molecule has 0 saturated heterocycles. The maximum absolute atomic E-state index is 13.1. The number of hydrogen-bond donors (Lipinski definition) is 2. The molecule has 0 saturated carbocycles. The molecule has 1 aromatic carbocycles. The summed E-state index contributed by atoms with van der Waals surface area (Å²) in [5, 5.41) is 0. The fourth-order valence-corrected chi connectivity index (χ4v) is 1.83. The number of nitrogens with one attached hydrogen (secondary N) is 1. The molecule has 0 bridgehead atoms. The van der Waals surface area contributed by atoms with Crippen molar-refractivity contribution in [3.05, 3.63) is 41.9 Å². The summed E-state index contributed by atoms with van der Waals surface area (Å²) >= 11 is 0. The van der Waals surface area contributed by atoms with E-state index in [0.717, 1.165) is 18.9 Å². The first-order valence-corrected chi connectivity index (χ1v) is 5.87. The normalized spacial score (nSPS) is 12.7. The number of aromatic nitrogens is 2. The van der Waals surface area contributed by atoms with Gasteiger partial charge >= 0.3 is 0 Å². The van der Waals surface area contributed by atoms with Crippen molar-refractivity contribution in [1.29, 1.82) is 0 Å².